The van der Waals surface area contributed by atoms with E-state index in [-0.39, 0.29) is 17.2 Å². The minimum absolute atomic E-state index is 0.0705. The van der Waals surface area contributed by atoms with Gasteiger partial charge in [0.1, 0.15) is 5.75 Å². The molecule has 6 heteroatoms. The number of nitrogens with zero attached hydrogens (tertiary/aromatic N) is 3. The number of carbonyl (C=O) groups excluding carboxylic acids is 2. The van der Waals surface area contributed by atoms with E-state index in [2.05, 4.69) is 9.80 Å². The Morgan fingerprint density at radius 2 is 1.66 bits per heavy atom. The Labute approximate surface area is 191 Å². The van der Waals surface area contributed by atoms with Gasteiger partial charge in [0.15, 0.2) is 0 Å². The van der Waals surface area contributed by atoms with Crippen LogP contribution in [0.4, 0.5) is 0 Å². The summed E-state index contributed by atoms with van der Waals surface area (Å²) in [6, 6.07) is 8.13. The van der Waals surface area contributed by atoms with Gasteiger partial charge in [-0.3, -0.25) is 14.5 Å². The fourth-order valence-electron chi connectivity index (χ4n) is 6.32. The lowest BCUT2D eigenvalue weighted by Crippen LogP contribution is -2.53. The Bertz CT molecular complexity index is 834. The van der Waals surface area contributed by atoms with Crippen molar-refractivity contribution in [3.05, 3.63) is 29.8 Å². The normalized spacial score (nSPS) is 26.2. The molecule has 4 fully saturated rings. The first kappa shape index (κ1) is 21.7. The maximum absolute atomic E-state index is 13.2. The Hall–Kier alpha value is -2.08. The first-order valence-corrected chi connectivity index (χ1v) is 12.6. The standard InChI is InChI=1S/C26H37N3O3/c1-32-22-9-5-6-20(18-22)24(30)28-12-10-26(11-13-28)19-23(26)25(31)29-16-14-27(15-17-29)21-7-3-2-4-8-21/h5-6,9,18,21,23H,2-4,7-8,10-17,19H2,1H3/t23-/m0/s1. The van der Waals surface area contributed by atoms with E-state index in [9.17, 15) is 9.59 Å². The number of rotatable bonds is 4. The third-order valence-corrected chi connectivity index (χ3v) is 8.57. The van der Waals surface area contributed by atoms with Crippen LogP contribution in [-0.4, -0.2) is 78.9 Å². The second kappa shape index (κ2) is 9.05. The van der Waals surface area contributed by atoms with Crippen molar-refractivity contribution in [2.75, 3.05) is 46.4 Å². The van der Waals surface area contributed by atoms with Gasteiger partial charge in [0, 0.05) is 56.8 Å². The highest BCUT2D eigenvalue weighted by molar-refractivity contribution is 5.94. The highest BCUT2D eigenvalue weighted by atomic mass is 16.5. The molecule has 2 heterocycles. The SMILES string of the molecule is COc1cccc(C(=O)N2CCC3(CC2)C[C@H]3C(=O)N2CCN(C3CCCCC3)CC2)c1. The summed E-state index contributed by atoms with van der Waals surface area (Å²) in [5.74, 6) is 1.33. The lowest BCUT2D eigenvalue weighted by Gasteiger charge is -2.41. The highest BCUT2D eigenvalue weighted by Crippen LogP contribution is 2.60. The summed E-state index contributed by atoms with van der Waals surface area (Å²) in [5, 5.41) is 0. The molecule has 2 saturated heterocycles. The molecule has 2 amide bonds. The molecule has 1 aromatic rings. The zero-order chi connectivity index (χ0) is 22.1. The van der Waals surface area contributed by atoms with Gasteiger partial charge in [-0.1, -0.05) is 25.3 Å². The first-order chi connectivity index (χ1) is 15.6. The zero-order valence-electron chi connectivity index (χ0n) is 19.4. The van der Waals surface area contributed by atoms with Crippen molar-refractivity contribution in [1.29, 1.82) is 0 Å². The van der Waals surface area contributed by atoms with Crippen LogP contribution in [0.15, 0.2) is 24.3 Å². The summed E-state index contributed by atoms with van der Waals surface area (Å²) in [6.45, 7) is 5.35. The maximum atomic E-state index is 13.2. The van der Waals surface area contributed by atoms with Crippen molar-refractivity contribution >= 4 is 11.8 Å². The summed E-state index contributed by atoms with van der Waals surface area (Å²) in [4.78, 5) is 32.9. The Balaban J connectivity index is 1.11. The average molecular weight is 440 g/mol. The number of piperazine rings is 1. The lowest BCUT2D eigenvalue weighted by molar-refractivity contribution is -0.136. The predicted octanol–water partition coefficient (Wildman–Crippen LogP) is 3.41. The van der Waals surface area contributed by atoms with E-state index < -0.39 is 0 Å². The average Bonchev–Trinajstić information content (AvgIpc) is 3.57. The number of carbonyl (C=O) groups is 2. The Kier molecular flexibility index (Phi) is 6.15. The van der Waals surface area contributed by atoms with Crippen LogP contribution < -0.4 is 4.74 Å². The quantitative estimate of drug-likeness (QED) is 0.722. The number of hydrogen-bond donors (Lipinski definition) is 0. The molecular weight excluding hydrogens is 402 g/mol. The van der Waals surface area contributed by atoms with Gasteiger partial charge in [-0.15, -0.1) is 0 Å². The number of piperidine rings is 1. The van der Waals surface area contributed by atoms with E-state index in [1.807, 2.05) is 29.2 Å². The minimum Gasteiger partial charge on any atom is -0.497 e. The maximum Gasteiger partial charge on any atom is 0.253 e. The molecular formula is C26H37N3O3. The monoisotopic (exact) mass is 439 g/mol. The smallest absolute Gasteiger partial charge is 0.253 e. The Morgan fingerprint density at radius 1 is 0.938 bits per heavy atom. The molecule has 0 aromatic heterocycles. The lowest BCUT2D eigenvalue weighted by atomic mass is 9.90. The van der Waals surface area contributed by atoms with Gasteiger partial charge in [-0.2, -0.15) is 0 Å². The van der Waals surface area contributed by atoms with E-state index in [4.69, 9.17) is 4.74 Å². The fraction of sp³-hybridized carbons (Fsp3) is 0.692. The van der Waals surface area contributed by atoms with Crippen LogP contribution in [0.25, 0.3) is 0 Å². The molecule has 2 saturated carbocycles. The van der Waals surface area contributed by atoms with Crippen LogP contribution in [0.3, 0.4) is 0 Å². The molecule has 174 valence electrons. The van der Waals surface area contributed by atoms with Gasteiger partial charge in [0.25, 0.3) is 5.91 Å². The van der Waals surface area contributed by atoms with Crippen molar-refractivity contribution in [3.8, 4) is 5.75 Å². The van der Waals surface area contributed by atoms with Crippen molar-refractivity contribution in [1.82, 2.24) is 14.7 Å². The minimum atomic E-state index is 0.0705. The molecule has 0 radical (unpaired) electrons. The molecule has 1 aromatic carbocycles. The van der Waals surface area contributed by atoms with Gasteiger partial charge < -0.3 is 14.5 Å². The Morgan fingerprint density at radius 3 is 2.34 bits per heavy atom. The van der Waals surface area contributed by atoms with Gasteiger partial charge >= 0.3 is 0 Å². The molecule has 1 spiro atoms. The van der Waals surface area contributed by atoms with Crippen LogP contribution in [0.2, 0.25) is 0 Å². The summed E-state index contributed by atoms with van der Waals surface area (Å²) in [5.41, 5.74) is 0.822. The third-order valence-electron chi connectivity index (χ3n) is 8.57. The van der Waals surface area contributed by atoms with E-state index in [1.54, 1.807) is 7.11 Å². The zero-order valence-corrected chi connectivity index (χ0v) is 19.4. The summed E-state index contributed by atoms with van der Waals surface area (Å²) >= 11 is 0. The number of benzene rings is 1. The van der Waals surface area contributed by atoms with Crippen LogP contribution >= 0.6 is 0 Å². The molecule has 1 atom stereocenters. The largest absolute Gasteiger partial charge is 0.497 e. The van der Waals surface area contributed by atoms with Gasteiger partial charge in [0.2, 0.25) is 5.91 Å². The molecule has 6 nitrogen and oxygen atoms in total. The van der Waals surface area contributed by atoms with Crippen LogP contribution in [0, 0.1) is 11.3 Å². The highest BCUT2D eigenvalue weighted by Gasteiger charge is 2.59. The molecule has 0 N–H and O–H groups in total. The van der Waals surface area contributed by atoms with Gasteiger partial charge in [-0.25, -0.2) is 0 Å². The molecule has 2 aliphatic heterocycles. The van der Waals surface area contributed by atoms with Crippen LogP contribution in [-0.2, 0) is 4.79 Å². The van der Waals surface area contributed by atoms with E-state index in [1.165, 1.54) is 32.1 Å². The topological polar surface area (TPSA) is 53.1 Å². The van der Waals surface area contributed by atoms with Crippen LogP contribution in [0.5, 0.6) is 5.75 Å². The van der Waals surface area contributed by atoms with E-state index >= 15 is 0 Å². The second-order valence-corrected chi connectivity index (χ2v) is 10.3. The van der Waals surface area contributed by atoms with Crippen LogP contribution in [0.1, 0.15) is 61.7 Å². The molecule has 5 rings (SSSR count). The number of methoxy groups -OCH3 is 1. The predicted molar refractivity (Wildman–Crippen MR) is 124 cm³/mol. The van der Waals surface area contributed by atoms with Gasteiger partial charge in [0.05, 0.1) is 7.11 Å². The molecule has 4 aliphatic rings. The van der Waals surface area contributed by atoms with Crippen molar-refractivity contribution in [2.45, 2.75) is 57.4 Å². The summed E-state index contributed by atoms with van der Waals surface area (Å²) < 4.78 is 5.26. The second-order valence-electron chi connectivity index (χ2n) is 10.3. The molecule has 0 unspecified atom stereocenters. The van der Waals surface area contributed by atoms with E-state index in [0.29, 0.717) is 17.2 Å². The van der Waals surface area contributed by atoms with Gasteiger partial charge in [-0.05, 0) is 55.7 Å². The fourth-order valence-corrected chi connectivity index (χ4v) is 6.32. The number of ether oxygens (including phenoxy) is 1. The molecule has 2 aliphatic carbocycles. The van der Waals surface area contributed by atoms with Crippen molar-refractivity contribution in [3.63, 3.8) is 0 Å². The van der Waals surface area contributed by atoms with Crippen molar-refractivity contribution in [2.24, 2.45) is 11.3 Å². The number of amides is 2. The number of hydrogen-bond acceptors (Lipinski definition) is 4. The molecule has 0 bridgehead atoms. The summed E-state index contributed by atoms with van der Waals surface area (Å²) in [6.07, 6.45) is 9.70. The van der Waals surface area contributed by atoms with Crippen molar-refractivity contribution < 1.29 is 14.3 Å². The number of likely N-dealkylation sites (tertiary alicyclic amines) is 1. The van der Waals surface area contributed by atoms with E-state index in [0.717, 1.165) is 64.6 Å². The third kappa shape index (κ3) is 4.26. The first-order valence-electron chi connectivity index (χ1n) is 12.6. The molecule has 32 heavy (non-hydrogen) atoms. The summed E-state index contributed by atoms with van der Waals surface area (Å²) in [7, 11) is 1.62.